The normalized spacial score (nSPS) is 25.1. The van der Waals surface area contributed by atoms with Crippen LogP contribution in [0.4, 0.5) is 11.6 Å². The number of aliphatic hydroxyl groups is 1. The molecule has 24 nitrogen and oxygen atoms in total. The van der Waals surface area contributed by atoms with Crippen LogP contribution in [0.1, 0.15) is 45.1 Å². The van der Waals surface area contributed by atoms with Gasteiger partial charge in [-0.05, 0) is 18.9 Å². The highest BCUT2D eigenvalue weighted by Gasteiger charge is 2.50. The van der Waals surface area contributed by atoms with Gasteiger partial charge in [-0.25, -0.2) is 28.9 Å². The van der Waals surface area contributed by atoms with Gasteiger partial charge in [0.2, 0.25) is 5.91 Å². The number of esters is 1. The number of ether oxygens (including phenoxy) is 3. The summed E-state index contributed by atoms with van der Waals surface area (Å²) in [6.45, 7) is 3.47. The standard InChI is InChI=1S/C29H41N9O15P2/c1-3-5-6-20(39)36(8-4-2)11-22(40)52-25-18(51-28(24(25)41)38-15-34-23-26(31)32-14-33-27(23)38)13-49-55(46,47)53-16-10-21(37-9-7-19(30)35-29(37)42)50-17(16)12-48-54(43,44)45/h3,7,9,14-18,21,24-25,28,41H,1,4-6,8,10-13H2,2H3,(H,46,47)(H2,30,35,42)(H2,31,32,33)(H2,43,44,45)/t16-,17+,18?,21+,24?,25?,28?/m0/s1. The number of imidazole rings is 1. The molecule has 2 aliphatic rings. The Hall–Kier alpha value is -4.19. The second kappa shape index (κ2) is 17.7. The first-order valence-electron chi connectivity index (χ1n) is 16.7. The van der Waals surface area contributed by atoms with Crippen LogP contribution in [0.15, 0.2) is 42.4 Å². The fraction of sp³-hybridized carbons (Fsp3) is 0.552. The SMILES string of the molecule is C=CCCC(=O)N(CCC)CC(=O)OC1C(COP(=O)(O)O[C@H]2C[C@H](n3ccc(N)nc3=O)O[C@@H]2COP(=O)(O)O)OC(n2cnc3c(N)ncnc32)C1O. The Bertz CT molecular complexity index is 2010. The Morgan fingerprint density at radius 1 is 1.11 bits per heavy atom. The van der Waals surface area contributed by atoms with Crippen LogP contribution in [0.2, 0.25) is 0 Å². The number of nitrogens with two attached hydrogens (primary N) is 2. The molecule has 0 radical (unpaired) electrons. The summed E-state index contributed by atoms with van der Waals surface area (Å²) in [4.78, 5) is 84.8. The topological polar surface area (TPSA) is 338 Å². The van der Waals surface area contributed by atoms with Crippen LogP contribution in [-0.2, 0) is 46.5 Å². The molecule has 2 aliphatic heterocycles. The Balaban J connectivity index is 1.34. The number of aromatic nitrogens is 6. The Morgan fingerprint density at radius 3 is 2.55 bits per heavy atom. The minimum absolute atomic E-state index is 0.0229. The number of hydrogen-bond acceptors (Lipinski definition) is 18. The smallest absolute Gasteiger partial charge is 0.455 e. The lowest BCUT2D eigenvalue weighted by Crippen LogP contribution is -2.42. The second-order valence-electron chi connectivity index (χ2n) is 12.3. The maximum Gasteiger partial charge on any atom is 0.472 e. The van der Waals surface area contributed by atoms with Crippen LogP contribution in [0, 0.1) is 0 Å². The van der Waals surface area contributed by atoms with Gasteiger partial charge in [0.15, 0.2) is 23.8 Å². The van der Waals surface area contributed by atoms with Gasteiger partial charge in [-0.3, -0.25) is 32.3 Å². The number of rotatable bonds is 18. The van der Waals surface area contributed by atoms with Crippen molar-refractivity contribution in [3.8, 4) is 0 Å². The number of carbonyl (C=O) groups excluding carboxylic acids is 2. The molecule has 2 fully saturated rings. The first-order valence-corrected chi connectivity index (χ1v) is 19.7. The van der Waals surface area contributed by atoms with E-state index in [1.807, 2.05) is 6.92 Å². The van der Waals surface area contributed by atoms with Crippen molar-refractivity contribution in [3.63, 3.8) is 0 Å². The molecule has 0 saturated carbocycles. The van der Waals surface area contributed by atoms with Crippen LogP contribution >= 0.6 is 15.6 Å². The van der Waals surface area contributed by atoms with E-state index in [0.717, 1.165) is 10.9 Å². The van der Waals surface area contributed by atoms with Crippen molar-refractivity contribution in [2.75, 3.05) is 37.8 Å². The van der Waals surface area contributed by atoms with E-state index < -0.39 is 90.0 Å². The number of nitrogen functional groups attached to an aromatic ring is 2. The summed E-state index contributed by atoms with van der Waals surface area (Å²) in [5.41, 5.74) is 10.9. The Labute approximate surface area is 311 Å². The second-order valence-corrected chi connectivity index (χ2v) is 15.0. The zero-order valence-corrected chi connectivity index (χ0v) is 31.0. The summed E-state index contributed by atoms with van der Waals surface area (Å²) in [5, 5.41) is 11.5. The molecule has 3 aromatic heterocycles. The minimum atomic E-state index is -5.17. The van der Waals surface area contributed by atoms with Crippen LogP contribution in [0.25, 0.3) is 11.2 Å². The molecule has 5 heterocycles. The van der Waals surface area contributed by atoms with Gasteiger partial charge in [0.25, 0.3) is 0 Å². The van der Waals surface area contributed by atoms with Gasteiger partial charge < -0.3 is 50.4 Å². The van der Waals surface area contributed by atoms with Crippen LogP contribution in [0.5, 0.6) is 0 Å². The van der Waals surface area contributed by atoms with Gasteiger partial charge >= 0.3 is 27.3 Å². The molecule has 0 aliphatic carbocycles. The number of anilines is 2. The molecule has 3 aromatic rings. The summed E-state index contributed by atoms with van der Waals surface area (Å²) in [6, 6.07) is 1.28. The third kappa shape index (κ3) is 10.6. The lowest BCUT2D eigenvalue weighted by atomic mass is 10.1. The summed E-state index contributed by atoms with van der Waals surface area (Å²) in [6.07, 6.45) is -4.26. The molecular weight excluding hydrogens is 776 g/mol. The number of amides is 1. The third-order valence-electron chi connectivity index (χ3n) is 8.39. The molecule has 55 heavy (non-hydrogen) atoms. The third-order valence-corrected chi connectivity index (χ3v) is 9.88. The molecule has 26 heteroatoms. The van der Waals surface area contributed by atoms with Crippen molar-refractivity contribution < 1.29 is 66.3 Å². The van der Waals surface area contributed by atoms with Crippen molar-refractivity contribution in [2.45, 2.75) is 75.6 Å². The van der Waals surface area contributed by atoms with Gasteiger partial charge in [0.1, 0.15) is 54.9 Å². The molecule has 0 spiro atoms. The predicted molar refractivity (Wildman–Crippen MR) is 186 cm³/mol. The van der Waals surface area contributed by atoms with E-state index in [1.54, 1.807) is 6.08 Å². The number of allylic oxidation sites excluding steroid dienone is 1. The van der Waals surface area contributed by atoms with Crippen molar-refractivity contribution in [3.05, 3.63) is 48.1 Å². The van der Waals surface area contributed by atoms with E-state index in [-0.39, 0.29) is 48.1 Å². The largest absolute Gasteiger partial charge is 0.472 e. The first kappa shape index (κ1) is 42.0. The Kier molecular flexibility index (Phi) is 13.5. The molecule has 1 amide bonds. The highest BCUT2D eigenvalue weighted by atomic mass is 31.2. The van der Waals surface area contributed by atoms with E-state index in [0.29, 0.717) is 12.8 Å². The van der Waals surface area contributed by atoms with Gasteiger partial charge in [0, 0.05) is 25.6 Å². The van der Waals surface area contributed by atoms with Gasteiger partial charge in [-0.2, -0.15) is 4.98 Å². The number of nitrogens with zero attached hydrogens (tertiary/aromatic N) is 7. The van der Waals surface area contributed by atoms with E-state index in [4.69, 9.17) is 34.7 Å². The average molecular weight is 818 g/mol. The molecule has 2 saturated heterocycles. The number of fused-ring (bicyclic) bond motifs is 1. The zero-order valence-electron chi connectivity index (χ0n) is 29.3. The zero-order chi connectivity index (χ0) is 40.1. The lowest BCUT2D eigenvalue weighted by Gasteiger charge is -2.25. The predicted octanol–water partition coefficient (Wildman–Crippen LogP) is -0.478. The van der Waals surface area contributed by atoms with E-state index in [1.165, 1.54) is 28.1 Å². The summed E-state index contributed by atoms with van der Waals surface area (Å²) >= 11 is 0. The van der Waals surface area contributed by atoms with Crippen molar-refractivity contribution in [1.82, 2.24) is 34.0 Å². The van der Waals surface area contributed by atoms with Gasteiger partial charge in [-0.1, -0.05) is 13.0 Å². The fourth-order valence-corrected chi connectivity index (χ4v) is 7.19. The molecule has 8 N–H and O–H groups in total. The number of phosphoric acid groups is 2. The van der Waals surface area contributed by atoms with Crippen molar-refractivity contribution in [2.24, 2.45) is 0 Å². The maximum absolute atomic E-state index is 13.4. The monoisotopic (exact) mass is 817 g/mol. The molecule has 5 unspecified atom stereocenters. The number of phosphoric ester groups is 2. The average Bonchev–Trinajstić information content (AvgIpc) is 3.80. The molecule has 0 aromatic carbocycles. The fourth-order valence-electron chi connectivity index (χ4n) is 5.89. The quantitative estimate of drug-likeness (QED) is 0.0536. The molecule has 8 atom stereocenters. The van der Waals surface area contributed by atoms with Gasteiger partial charge in [-0.15, -0.1) is 6.58 Å². The van der Waals surface area contributed by atoms with Crippen LogP contribution in [-0.4, -0.2) is 122 Å². The highest BCUT2D eigenvalue weighted by molar-refractivity contribution is 7.47. The molecule has 302 valence electrons. The van der Waals surface area contributed by atoms with Crippen LogP contribution in [0.3, 0.4) is 0 Å². The molecule has 0 bridgehead atoms. The maximum atomic E-state index is 13.4. The van der Waals surface area contributed by atoms with Crippen molar-refractivity contribution in [1.29, 1.82) is 0 Å². The van der Waals surface area contributed by atoms with E-state index >= 15 is 0 Å². The summed E-state index contributed by atoms with van der Waals surface area (Å²) in [5.74, 6) is -1.34. The minimum Gasteiger partial charge on any atom is -0.455 e. The lowest BCUT2D eigenvalue weighted by molar-refractivity contribution is -0.160. The number of carbonyl (C=O) groups is 2. The summed E-state index contributed by atoms with van der Waals surface area (Å²) < 4.78 is 59.5. The summed E-state index contributed by atoms with van der Waals surface area (Å²) in [7, 11) is -10.2. The highest BCUT2D eigenvalue weighted by Crippen LogP contribution is 2.50. The number of aliphatic hydroxyl groups excluding tert-OH is 1. The number of hydrogen-bond donors (Lipinski definition) is 6. The first-order chi connectivity index (χ1) is 26.0. The van der Waals surface area contributed by atoms with Gasteiger partial charge in [0.05, 0.1) is 19.5 Å². The van der Waals surface area contributed by atoms with Crippen LogP contribution < -0.4 is 17.2 Å². The Morgan fingerprint density at radius 2 is 1.85 bits per heavy atom. The molecular formula is C29H41N9O15P2. The van der Waals surface area contributed by atoms with E-state index in [9.17, 15) is 43.3 Å². The van der Waals surface area contributed by atoms with Crippen molar-refractivity contribution >= 4 is 50.3 Å². The molecule has 5 rings (SSSR count). The van der Waals surface area contributed by atoms with E-state index in [2.05, 4.69) is 31.0 Å².